The zero-order valence-corrected chi connectivity index (χ0v) is 27.1. The minimum Gasteiger partial charge on any atom is -0.441 e. The average molecular weight is 636 g/mol. The third kappa shape index (κ3) is 5.27. The monoisotopic (exact) mass is 635 g/mol. The van der Waals surface area contributed by atoms with E-state index in [9.17, 15) is 29.1 Å². The van der Waals surface area contributed by atoms with Gasteiger partial charge < -0.3 is 29.2 Å². The molecule has 11 nitrogen and oxygen atoms in total. The number of ether oxygens (including phenoxy) is 2. The van der Waals surface area contributed by atoms with Crippen LogP contribution >= 0.6 is 0 Å². The van der Waals surface area contributed by atoms with E-state index in [0.29, 0.717) is 17.9 Å². The van der Waals surface area contributed by atoms with E-state index >= 15 is 0 Å². The lowest BCUT2D eigenvalue weighted by Crippen LogP contribution is -2.54. The number of likely N-dealkylation sites (tertiary alicyclic amines) is 1. The number of rotatable bonds is 8. The van der Waals surface area contributed by atoms with Crippen molar-refractivity contribution >= 4 is 43.4 Å². The van der Waals surface area contributed by atoms with Gasteiger partial charge in [0.15, 0.2) is 20.1 Å². The van der Waals surface area contributed by atoms with Gasteiger partial charge in [0.2, 0.25) is 11.8 Å². The van der Waals surface area contributed by atoms with Crippen LogP contribution in [0.4, 0.5) is 11.4 Å². The first-order valence-electron chi connectivity index (χ1n) is 15.7. The van der Waals surface area contributed by atoms with E-state index in [1.165, 1.54) is 11.8 Å². The molecule has 1 spiro atoms. The molecule has 2 aromatic carbocycles. The molecule has 12 heteroatoms. The highest BCUT2D eigenvalue weighted by atomic mass is 28.4. The number of carbonyl (C=O) groups is 4. The number of para-hydroxylation sites is 1. The molecule has 3 saturated heterocycles. The van der Waals surface area contributed by atoms with Crippen molar-refractivity contribution in [3.8, 4) is 0 Å². The van der Waals surface area contributed by atoms with E-state index in [1.54, 1.807) is 21.9 Å². The normalized spacial score (nSPS) is 29.4. The van der Waals surface area contributed by atoms with Gasteiger partial charge in [0.1, 0.15) is 0 Å². The molecule has 2 aromatic rings. The van der Waals surface area contributed by atoms with Crippen LogP contribution in [0.25, 0.3) is 0 Å². The van der Waals surface area contributed by atoms with E-state index in [0.717, 1.165) is 24.0 Å². The van der Waals surface area contributed by atoms with Crippen LogP contribution < -0.4 is 9.80 Å². The molecule has 0 bridgehead atoms. The molecule has 4 aliphatic rings. The van der Waals surface area contributed by atoms with Crippen molar-refractivity contribution < 1.29 is 38.6 Å². The van der Waals surface area contributed by atoms with Gasteiger partial charge in [-0.1, -0.05) is 37.3 Å². The summed E-state index contributed by atoms with van der Waals surface area (Å²) in [7, 11) is -2.94. The molecule has 240 valence electrons. The lowest BCUT2D eigenvalue weighted by Gasteiger charge is -2.39. The molecule has 1 unspecified atom stereocenters. The smallest absolute Gasteiger partial charge is 0.304 e. The van der Waals surface area contributed by atoms with Crippen molar-refractivity contribution in [2.45, 2.75) is 88.7 Å². The maximum Gasteiger partial charge on any atom is 0.304 e. The second-order valence-electron chi connectivity index (χ2n) is 13.2. The Kier molecular flexibility index (Phi) is 8.13. The standard InChI is InChI=1S/C33H41N3O8Si/c1-20-31(45(3,4)42)27(16-28(39)34-15-7-8-24(34)19-37)44-33(20)25-9-5-6-10-26(25)35(32(33)41)18-22-11-13-23(14-12-22)36-29(40)17-30(36)43-21(2)38/h5-6,9-14,20,24,27,30-31,37,42H,7-8,15-19H2,1-4H3/t20-,24+,27+,30?,31-,33+/m1/s1. The van der Waals surface area contributed by atoms with Gasteiger partial charge in [0.05, 0.1) is 43.8 Å². The Labute approximate surface area is 263 Å². The van der Waals surface area contributed by atoms with Crippen molar-refractivity contribution in [1.82, 2.24) is 4.90 Å². The summed E-state index contributed by atoms with van der Waals surface area (Å²) in [5.41, 5.74) is 1.13. The second-order valence-corrected chi connectivity index (χ2v) is 17.2. The molecule has 3 fully saturated rings. The van der Waals surface area contributed by atoms with Gasteiger partial charge >= 0.3 is 5.97 Å². The quantitative estimate of drug-likeness (QED) is 0.257. The molecule has 0 radical (unpaired) electrons. The minimum absolute atomic E-state index is 0.0325. The lowest BCUT2D eigenvalue weighted by atomic mass is 9.82. The average Bonchev–Trinajstić information content (AvgIpc) is 3.64. The van der Waals surface area contributed by atoms with Crippen molar-refractivity contribution in [1.29, 1.82) is 0 Å². The van der Waals surface area contributed by atoms with Gasteiger partial charge in [-0.15, -0.1) is 0 Å². The molecule has 45 heavy (non-hydrogen) atoms. The number of aliphatic hydroxyl groups is 1. The molecule has 6 rings (SSSR count). The number of carbonyl (C=O) groups excluding carboxylic acids is 4. The SMILES string of the molecule is CC(=O)OC1CC(=O)N1c1ccc(CN2C(=O)[C@@]3(O[C@@H](CC(=O)N4CCC[C@H]4CO)[C@H]([Si](C)(C)O)[C@H]3C)c3ccccc32)cc1. The Morgan fingerprint density at radius 3 is 2.47 bits per heavy atom. The Hall–Kier alpha value is -3.58. The Morgan fingerprint density at radius 2 is 1.82 bits per heavy atom. The summed E-state index contributed by atoms with van der Waals surface area (Å²) in [6, 6.07) is 14.5. The van der Waals surface area contributed by atoms with Crippen LogP contribution in [0.1, 0.15) is 50.7 Å². The van der Waals surface area contributed by atoms with E-state index in [1.807, 2.05) is 56.4 Å². The highest BCUT2D eigenvalue weighted by molar-refractivity contribution is 6.71. The van der Waals surface area contributed by atoms with Gasteiger partial charge in [-0.2, -0.15) is 0 Å². The summed E-state index contributed by atoms with van der Waals surface area (Å²) in [5.74, 6) is -1.35. The summed E-state index contributed by atoms with van der Waals surface area (Å²) in [6.07, 6.45) is 0.471. The predicted octanol–water partition coefficient (Wildman–Crippen LogP) is 3.03. The Bertz CT molecular complexity index is 1510. The Morgan fingerprint density at radius 1 is 1.11 bits per heavy atom. The largest absolute Gasteiger partial charge is 0.441 e. The number of anilines is 2. The third-order valence-electron chi connectivity index (χ3n) is 9.94. The molecule has 6 atom stereocenters. The fraction of sp³-hybridized carbons (Fsp3) is 0.515. The summed E-state index contributed by atoms with van der Waals surface area (Å²) in [4.78, 5) is 68.1. The number of benzene rings is 2. The van der Waals surface area contributed by atoms with Gasteiger partial charge in [-0.05, 0) is 49.7 Å². The van der Waals surface area contributed by atoms with Crippen molar-refractivity contribution in [3.63, 3.8) is 0 Å². The molecule has 4 aliphatic heterocycles. The Balaban J connectivity index is 1.27. The number of esters is 1. The first-order chi connectivity index (χ1) is 21.4. The number of amides is 3. The van der Waals surface area contributed by atoms with Crippen LogP contribution in [0.15, 0.2) is 48.5 Å². The summed E-state index contributed by atoms with van der Waals surface area (Å²) in [5, 5.41) is 9.80. The van der Waals surface area contributed by atoms with E-state index in [4.69, 9.17) is 9.47 Å². The van der Waals surface area contributed by atoms with Crippen LogP contribution in [0.5, 0.6) is 0 Å². The third-order valence-corrected chi connectivity index (χ3v) is 12.4. The topological polar surface area (TPSA) is 137 Å². The minimum atomic E-state index is -2.94. The van der Waals surface area contributed by atoms with E-state index in [2.05, 4.69) is 0 Å². The number of hydrogen-bond acceptors (Lipinski definition) is 8. The number of β-lactam (4-membered cyclic amide) rings is 1. The van der Waals surface area contributed by atoms with Crippen molar-refractivity contribution in [2.24, 2.45) is 5.92 Å². The van der Waals surface area contributed by atoms with Crippen molar-refractivity contribution in [3.05, 3.63) is 59.7 Å². The molecular weight excluding hydrogens is 594 g/mol. The lowest BCUT2D eigenvalue weighted by molar-refractivity contribution is -0.154. The van der Waals surface area contributed by atoms with E-state index in [-0.39, 0.29) is 55.3 Å². The molecule has 0 aliphatic carbocycles. The van der Waals surface area contributed by atoms with Gasteiger partial charge in [-0.3, -0.25) is 24.1 Å². The van der Waals surface area contributed by atoms with Gasteiger partial charge in [-0.25, -0.2) is 0 Å². The second kappa shape index (κ2) is 11.7. The van der Waals surface area contributed by atoms with Gasteiger partial charge in [0.25, 0.3) is 5.91 Å². The fourth-order valence-corrected chi connectivity index (χ4v) is 10.5. The zero-order chi connectivity index (χ0) is 32.3. The molecule has 0 saturated carbocycles. The first kappa shape index (κ1) is 31.4. The highest BCUT2D eigenvalue weighted by Gasteiger charge is 2.66. The summed E-state index contributed by atoms with van der Waals surface area (Å²) >= 11 is 0. The molecule has 0 aromatic heterocycles. The van der Waals surface area contributed by atoms with Crippen LogP contribution in [-0.4, -0.2) is 78.3 Å². The summed E-state index contributed by atoms with van der Waals surface area (Å²) in [6.45, 7) is 7.65. The maximum atomic E-state index is 14.6. The van der Waals surface area contributed by atoms with Crippen LogP contribution in [0.2, 0.25) is 18.6 Å². The zero-order valence-electron chi connectivity index (χ0n) is 26.1. The van der Waals surface area contributed by atoms with Crippen LogP contribution in [-0.2, 0) is 40.8 Å². The first-order valence-corrected chi connectivity index (χ1v) is 18.7. The van der Waals surface area contributed by atoms with Crippen LogP contribution in [0, 0.1) is 5.92 Å². The van der Waals surface area contributed by atoms with Crippen molar-refractivity contribution in [2.75, 3.05) is 23.0 Å². The van der Waals surface area contributed by atoms with Gasteiger partial charge in [0, 0.05) is 36.2 Å². The number of aliphatic hydroxyl groups excluding tert-OH is 1. The molecule has 2 N–H and O–H groups in total. The molecular formula is C33H41N3O8Si. The summed E-state index contributed by atoms with van der Waals surface area (Å²) < 4.78 is 12.0. The van der Waals surface area contributed by atoms with E-state index < -0.39 is 38.1 Å². The molecule has 4 heterocycles. The number of hydrogen-bond donors (Lipinski definition) is 2. The number of fused-ring (bicyclic) bond motifs is 2. The molecule has 3 amide bonds. The highest BCUT2D eigenvalue weighted by Crippen LogP contribution is 2.59. The maximum absolute atomic E-state index is 14.6. The van der Waals surface area contributed by atoms with Crippen LogP contribution in [0.3, 0.4) is 0 Å². The number of nitrogens with zero attached hydrogens (tertiary/aromatic N) is 3. The predicted molar refractivity (Wildman–Crippen MR) is 167 cm³/mol. The fourth-order valence-electron chi connectivity index (χ4n) is 7.96.